The van der Waals surface area contributed by atoms with E-state index in [9.17, 15) is 14.7 Å². The minimum atomic E-state index is -0.864. The summed E-state index contributed by atoms with van der Waals surface area (Å²) in [5.74, 6) is 1.44. The van der Waals surface area contributed by atoms with Crippen molar-refractivity contribution in [1.29, 1.82) is 0 Å². The van der Waals surface area contributed by atoms with Crippen molar-refractivity contribution < 1.29 is 14.7 Å². The number of carbonyl (C=O) groups is 2. The van der Waals surface area contributed by atoms with Crippen LogP contribution < -0.4 is 0 Å². The molecular weight excluding hydrogens is 268 g/mol. The van der Waals surface area contributed by atoms with Gasteiger partial charge in [0.2, 0.25) is 0 Å². The normalized spacial score (nSPS) is 35.0. The SMILES string of the molecule is CN(CC1CC2CCC1C2)C(=O)N1CCCCC1C(=O)O. The largest absolute Gasteiger partial charge is 0.480 e. The average molecular weight is 294 g/mol. The van der Waals surface area contributed by atoms with Crippen LogP contribution in [0.5, 0.6) is 0 Å². The second-order valence-electron chi connectivity index (χ2n) is 7.14. The van der Waals surface area contributed by atoms with E-state index in [1.54, 1.807) is 9.80 Å². The number of carboxylic acids is 1. The molecular formula is C16H26N2O3. The number of likely N-dealkylation sites (tertiary alicyclic amines) is 1. The number of urea groups is 1. The second kappa shape index (κ2) is 5.85. The third-order valence-corrected chi connectivity index (χ3v) is 5.75. The molecule has 2 saturated carbocycles. The Morgan fingerprint density at radius 1 is 1.19 bits per heavy atom. The van der Waals surface area contributed by atoms with E-state index >= 15 is 0 Å². The Morgan fingerprint density at radius 3 is 2.62 bits per heavy atom. The minimum Gasteiger partial charge on any atom is -0.480 e. The molecule has 4 unspecified atom stereocenters. The summed E-state index contributed by atoms with van der Waals surface area (Å²) in [7, 11) is 1.84. The van der Waals surface area contributed by atoms with Crippen molar-refractivity contribution in [3.8, 4) is 0 Å². The van der Waals surface area contributed by atoms with E-state index in [4.69, 9.17) is 0 Å². The van der Waals surface area contributed by atoms with Gasteiger partial charge in [0.1, 0.15) is 6.04 Å². The molecule has 2 amide bonds. The summed E-state index contributed by atoms with van der Waals surface area (Å²) in [5.41, 5.74) is 0. The summed E-state index contributed by atoms with van der Waals surface area (Å²) in [4.78, 5) is 27.3. The van der Waals surface area contributed by atoms with Crippen molar-refractivity contribution in [3.05, 3.63) is 0 Å². The molecule has 1 heterocycles. The van der Waals surface area contributed by atoms with Crippen molar-refractivity contribution in [3.63, 3.8) is 0 Å². The van der Waals surface area contributed by atoms with Crippen LogP contribution >= 0.6 is 0 Å². The molecule has 3 rings (SSSR count). The Balaban J connectivity index is 1.59. The molecule has 0 spiro atoms. The fourth-order valence-electron chi connectivity index (χ4n) is 4.67. The zero-order chi connectivity index (χ0) is 15.0. The average Bonchev–Trinajstić information content (AvgIpc) is 3.09. The van der Waals surface area contributed by atoms with Crippen LogP contribution in [0.25, 0.3) is 0 Å². The molecule has 5 heteroatoms. The van der Waals surface area contributed by atoms with Gasteiger partial charge in [-0.15, -0.1) is 0 Å². The lowest BCUT2D eigenvalue weighted by Crippen LogP contribution is -2.53. The van der Waals surface area contributed by atoms with Crippen LogP contribution in [0.2, 0.25) is 0 Å². The van der Waals surface area contributed by atoms with Gasteiger partial charge in [-0.3, -0.25) is 0 Å². The monoisotopic (exact) mass is 294 g/mol. The summed E-state index contributed by atoms with van der Waals surface area (Å²) >= 11 is 0. The van der Waals surface area contributed by atoms with Crippen LogP contribution in [-0.2, 0) is 4.79 Å². The Bertz CT molecular complexity index is 426. The maximum atomic E-state index is 12.6. The second-order valence-corrected chi connectivity index (χ2v) is 7.14. The van der Waals surface area contributed by atoms with Crippen molar-refractivity contribution in [2.24, 2.45) is 17.8 Å². The zero-order valence-electron chi connectivity index (χ0n) is 12.8. The van der Waals surface area contributed by atoms with E-state index < -0.39 is 12.0 Å². The number of rotatable bonds is 3. The van der Waals surface area contributed by atoms with Gasteiger partial charge >= 0.3 is 12.0 Å². The summed E-state index contributed by atoms with van der Waals surface area (Å²) in [6.45, 7) is 1.37. The maximum absolute atomic E-state index is 12.6. The highest BCUT2D eigenvalue weighted by Crippen LogP contribution is 2.48. The number of carboxylic acid groups (broad SMARTS) is 1. The molecule has 0 aromatic heterocycles. The van der Waals surface area contributed by atoms with Gasteiger partial charge in [0.15, 0.2) is 0 Å². The number of hydrogen-bond donors (Lipinski definition) is 1. The zero-order valence-corrected chi connectivity index (χ0v) is 12.8. The molecule has 1 saturated heterocycles. The molecule has 1 aliphatic heterocycles. The maximum Gasteiger partial charge on any atom is 0.326 e. The highest BCUT2D eigenvalue weighted by Gasteiger charge is 2.41. The van der Waals surface area contributed by atoms with Crippen LogP contribution in [-0.4, -0.2) is 53.1 Å². The Labute approximate surface area is 126 Å². The number of nitrogens with zero attached hydrogens (tertiary/aromatic N) is 2. The quantitative estimate of drug-likeness (QED) is 0.869. The number of aliphatic carboxylic acids is 1. The number of carbonyl (C=O) groups excluding carboxylic acids is 1. The molecule has 0 aromatic carbocycles. The molecule has 0 aromatic rings. The van der Waals surface area contributed by atoms with E-state index in [1.165, 1.54) is 25.7 Å². The third kappa shape index (κ3) is 2.87. The molecule has 3 fully saturated rings. The van der Waals surface area contributed by atoms with E-state index in [0.29, 0.717) is 18.9 Å². The molecule has 2 aliphatic carbocycles. The van der Waals surface area contributed by atoms with Crippen LogP contribution in [0.1, 0.15) is 44.9 Å². The number of amides is 2. The Hall–Kier alpha value is -1.26. The Morgan fingerprint density at radius 2 is 2.00 bits per heavy atom. The number of hydrogen-bond acceptors (Lipinski definition) is 2. The first-order valence-electron chi connectivity index (χ1n) is 8.30. The molecule has 1 N–H and O–H groups in total. The smallest absolute Gasteiger partial charge is 0.326 e. The van der Waals surface area contributed by atoms with Crippen LogP contribution in [0.3, 0.4) is 0 Å². The first-order valence-corrected chi connectivity index (χ1v) is 8.30. The lowest BCUT2D eigenvalue weighted by Gasteiger charge is -2.37. The highest BCUT2D eigenvalue weighted by atomic mass is 16.4. The minimum absolute atomic E-state index is 0.0927. The lowest BCUT2D eigenvalue weighted by molar-refractivity contribution is -0.143. The fraction of sp³-hybridized carbons (Fsp3) is 0.875. The summed E-state index contributed by atoms with van der Waals surface area (Å²) < 4.78 is 0. The first kappa shape index (κ1) is 14.7. The van der Waals surface area contributed by atoms with Crippen molar-refractivity contribution >= 4 is 12.0 Å². The van der Waals surface area contributed by atoms with Crippen LogP contribution in [0.4, 0.5) is 4.79 Å². The van der Waals surface area contributed by atoms with E-state index in [1.807, 2.05) is 7.05 Å². The van der Waals surface area contributed by atoms with Crippen molar-refractivity contribution in [2.45, 2.75) is 51.0 Å². The van der Waals surface area contributed by atoms with Gasteiger partial charge in [-0.2, -0.15) is 0 Å². The van der Waals surface area contributed by atoms with Gasteiger partial charge < -0.3 is 14.9 Å². The van der Waals surface area contributed by atoms with Gasteiger partial charge in [0.25, 0.3) is 0 Å². The van der Waals surface area contributed by atoms with Crippen molar-refractivity contribution in [2.75, 3.05) is 20.1 Å². The van der Waals surface area contributed by atoms with E-state index in [-0.39, 0.29) is 6.03 Å². The molecule has 5 nitrogen and oxygen atoms in total. The third-order valence-electron chi connectivity index (χ3n) is 5.75. The van der Waals surface area contributed by atoms with Crippen LogP contribution in [0, 0.1) is 17.8 Å². The number of fused-ring (bicyclic) bond motifs is 2. The predicted molar refractivity (Wildman–Crippen MR) is 78.9 cm³/mol. The lowest BCUT2D eigenvalue weighted by atomic mass is 9.88. The summed E-state index contributed by atoms with van der Waals surface area (Å²) in [6, 6.07) is -0.724. The van der Waals surface area contributed by atoms with E-state index in [2.05, 4.69) is 0 Å². The van der Waals surface area contributed by atoms with Crippen LogP contribution in [0.15, 0.2) is 0 Å². The van der Waals surface area contributed by atoms with Gasteiger partial charge in [0, 0.05) is 20.1 Å². The van der Waals surface area contributed by atoms with Gasteiger partial charge in [-0.05, 0) is 56.3 Å². The molecule has 4 atom stereocenters. The highest BCUT2D eigenvalue weighted by molar-refractivity contribution is 5.82. The number of piperidine rings is 1. The predicted octanol–water partition coefficient (Wildman–Crippen LogP) is 2.41. The van der Waals surface area contributed by atoms with Gasteiger partial charge in [-0.25, -0.2) is 9.59 Å². The standard InChI is InChI=1S/C16H26N2O3/c1-17(10-13-9-11-5-6-12(13)8-11)16(21)18-7-3-2-4-14(18)15(19)20/h11-14H,2-10H2,1H3,(H,19,20). The molecule has 0 radical (unpaired) electrons. The van der Waals surface area contributed by atoms with Gasteiger partial charge in [-0.1, -0.05) is 6.42 Å². The summed E-state index contributed by atoms with van der Waals surface area (Å²) in [5, 5.41) is 9.30. The van der Waals surface area contributed by atoms with Crippen molar-refractivity contribution in [1.82, 2.24) is 9.80 Å². The van der Waals surface area contributed by atoms with Gasteiger partial charge in [0.05, 0.1) is 0 Å². The van der Waals surface area contributed by atoms with E-state index in [0.717, 1.165) is 31.2 Å². The topological polar surface area (TPSA) is 60.9 Å². The molecule has 118 valence electrons. The molecule has 21 heavy (non-hydrogen) atoms. The molecule has 3 aliphatic rings. The molecule has 2 bridgehead atoms. The Kier molecular flexibility index (Phi) is 4.09. The first-order chi connectivity index (χ1) is 10.1. The fourth-order valence-corrected chi connectivity index (χ4v) is 4.67. The summed E-state index contributed by atoms with van der Waals surface area (Å²) in [6.07, 6.45) is 7.68.